The zero-order chi connectivity index (χ0) is 12.5. The molecule has 1 N–H and O–H groups in total. The zero-order valence-corrected chi connectivity index (χ0v) is 12.2. The maximum atomic E-state index is 3.53. The van der Waals surface area contributed by atoms with Gasteiger partial charge < -0.3 is 10.2 Å². The Balaban J connectivity index is 2.08. The van der Waals surface area contributed by atoms with Crippen molar-refractivity contribution in [2.75, 3.05) is 32.7 Å². The van der Waals surface area contributed by atoms with Crippen LogP contribution in [0.15, 0.2) is 0 Å². The first-order chi connectivity index (χ1) is 8.26. The lowest BCUT2D eigenvalue weighted by atomic mass is 9.92. The molecular weight excluding hydrogens is 208 g/mol. The molecule has 1 atom stereocenters. The van der Waals surface area contributed by atoms with Gasteiger partial charge in [0.05, 0.1) is 0 Å². The van der Waals surface area contributed by atoms with Gasteiger partial charge in [0.15, 0.2) is 0 Å². The fourth-order valence-electron chi connectivity index (χ4n) is 2.90. The van der Waals surface area contributed by atoms with E-state index in [4.69, 9.17) is 0 Å². The molecular formula is C15H32N2. The molecule has 0 aromatic heterocycles. The average Bonchev–Trinajstić information content (AvgIpc) is 2.32. The Labute approximate surface area is 108 Å². The summed E-state index contributed by atoms with van der Waals surface area (Å²) >= 11 is 0. The van der Waals surface area contributed by atoms with Gasteiger partial charge in [0.25, 0.3) is 0 Å². The van der Waals surface area contributed by atoms with Gasteiger partial charge in [0, 0.05) is 6.54 Å². The summed E-state index contributed by atoms with van der Waals surface area (Å²) in [4.78, 5) is 2.67. The minimum atomic E-state index is 0.796. The number of hydrogen-bond donors (Lipinski definition) is 1. The van der Waals surface area contributed by atoms with Crippen LogP contribution in [0.3, 0.4) is 0 Å². The van der Waals surface area contributed by atoms with Crippen LogP contribution in [-0.4, -0.2) is 37.6 Å². The van der Waals surface area contributed by atoms with Crippen LogP contribution in [0.2, 0.25) is 0 Å². The molecule has 1 aliphatic heterocycles. The van der Waals surface area contributed by atoms with Gasteiger partial charge in [0.2, 0.25) is 0 Å². The Morgan fingerprint density at radius 1 is 1.18 bits per heavy atom. The van der Waals surface area contributed by atoms with Crippen LogP contribution in [-0.2, 0) is 0 Å². The summed E-state index contributed by atoms with van der Waals surface area (Å²) in [5.41, 5.74) is 0. The predicted octanol–water partition coefficient (Wildman–Crippen LogP) is 3.13. The largest absolute Gasteiger partial charge is 0.316 e. The van der Waals surface area contributed by atoms with E-state index in [1.54, 1.807) is 0 Å². The van der Waals surface area contributed by atoms with Crippen LogP contribution >= 0.6 is 0 Å². The Morgan fingerprint density at radius 2 is 1.88 bits per heavy atom. The summed E-state index contributed by atoms with van der Waals surface area (Å²) in [6.07, 6.45) is 6.92. The first kappa shape index (κ1) is 15.0. The fraction of sp³-hybridized carbons (Fsp3) is 1.00. The zero-order valence-electron chi connectivity index (χ0n) is 12.2. The number of rotatable bonds is 8. The second-order valence-electron chi connectivity index (χ2n) is 5.84. The predicted molar refractivity (Wildman–Crippen MR) is 76.4 cm³/mol. The van der Waals surface area contributed by atoms with Gasteiger partial charge in [0.1, 0.15) is 0 Å². The van der Waals surface area contributed by atoms with E-state index in [1.165, 1.54) is 64.8 Å². The van der Waals surface area contributed by atoms with Crippen LogP contribution in [0.4, 0.5) is 0 Å². The van der Waals surface area contributed by atoms with Crippen molar-refractivity contribution in [3.05, 3.63) is 0 Å². The molecule has 0 saturated carbocycles. The maximum absolute atomic E-state index is 3.53. The SMILES string of the molecule is CCCNCC(C)CN1CCC(CCC)CC1. The van der Waals surface area contributed by atoms with Crippen LogP contribution in [0.5, 0.6) is 0 Å². The van der Waals surface area contributed by atoms with Gasteiger partial charge in [-0.1, -0.05) is 33.6 Å². The van der Waals surface area contributed by atoms with Crippen molar-refractivity contribution in [2.45, 2.75) is 52.9 Å². The molecule has 102 valence electrons. The first-order valence-electron chi connectivity index (χ1n) is 7.69. The summed E-state index contributed by atoms with van der Waals surface area (Å²) in [5.74, 6) is 1.81. The molecule has 1 fully saturated rings. The van der Waals surface area contributed by atoms with Gasteiger partial charge in [-0.05, 0) is 57.3 Å². The quantitative estimate of drug-likeness (QED) is 0.656. The molecule has 1 heterocycles. The number of piperidine rings is 1. The van der Waals surface area contributed by atoms with E-state index in [2.05, 4.69) is 31.0 Å². The van der Waals surface area contributed by atoms with Crippen LogP contribution < -0.4 is 5.32 Å². The minimum Gasteiger partial charge on any atom is -0.316 e. The Bertz CT molecular complexity index is 174. The molecule has 1 rings (SSSR count). The molecule has 17 heavy (non-hydrogen) atoms. The van der Waals surface area contributed by atoms with Gasteiger partial charge in [-0.2, -0.15) is 0 Å². The lowest BCUT2D eigenvalue weighted by Gasteiger charge is -2.33. The summed E-state index contributed by atoms with van der Waals surface area (Å²) in [6, 6.07) is 0. The summed E-state index contributed by atoms with van der Waals surface area (Å²) in [5, 5.41) is 3.53. The van der Waals surface area contributed by atoms with E-state index >= 15 is 0 Å². The van der Waals surface area contributed by atoms with Gasteiger partial charge in [-0.25, -0.2) is 0 Å². The lowest BCUT2D eigenvalue weighted by molar-refractivity contribution is 0.158. The highest BCUT2D eigenvalue weighted by molar-refractivity contribution is 4.74. The molecule has 0 aromatic rings. The number of hydrogen-bond acceptors (Lipinski definition) is 2. The smallest absolute Gasteiger partial charge is 0.00191 e. The Kier molecular flexibility index (Phi) is 7.87. The number of likely N-dealkylation sites (tertiary alicyclic amines) is 1. The van der Waals surface area contributed by atoms with Crippen molar-refractivity contribution in [3.63, 3.8) is 0 Å². The molecule has 0 amide bonds. The van der Waals surface area contributed by atoms with Crippen LogP contribution in [0.1, 0.15) is 52.9 Å². The van der Waals surface area contributed by atoms with Crippen LogP contribution in [0.25, 0.3) is 0 Å². The monoisotopic (exact) mass is 240 g/mol. The molecule has 2 heteroatoms. The summed E-state index contributed by atoms with van der Waals surface area (Å²) in [6.45, 7) is 13.2. The fourth-order valence-corrected chi connectivity index (χ4v) is 2.90. The highest BCUT2D eigenvalue weighted by atomic mass is 15.1. The van der Waals surface area contributed by atoms with Crippen molar-refractivity contribution < 1.29 is 0 Å². The van der Waals surface area contributed by atoms with Crippen molar-refractivity contribution in [3.8, 4) is 0 Å². The van der Waals surface area contributed by atoms with Crippen molar-refractivity contribution in [2.24, 2.45) is 11.8 Å². The summed E-state index contributed by atoms with van der Waals surface area (Å²) < 4.78 is 0. The van der Waals surface area contributed by atoms with Gasteiger partial charge in [-0.3, -0.25) is 0 Å². The van der Waals surface area contributed by atoms with Crippen molar-refractivity contribution in [1.29, 1.82) is 0 Å². The van der Waals surface area contributed by atoms with Gasteiger partial charge in [-0.15, -0.1) is 0 Å². The molecule has 2 nitrogen and oxygen atoms in total. The molecule has 0 radical (unpaired) electrons. The van der Waals surface area contributed by atoms with E-state index in [-0.39, 0.29) is 0 Å². The molecule has 1 unspecified atom stereocenters. The Morgan fingerprint density at radius 3 is 2.47 bits per heavy atom. The first-order valence-corrected chi connectivity index (χ1v) is 7.69. The highest BCUT2D eigenvalue weighted by Crippen LogP contribution is 2.22. The summed E-state index contributed by atoms with van der Waals surface area (Å²) in [7, 11) is 0. The van der Waals surface area contributed by atoms with Gasteiger partial charge >= 0.3 is 0 Å². The van der Waals surface area contributed by atoms with E-state index in [9.17, 15) is 0 Å². The molecule has 0 bridgehead atoms. The maximum Gasteiger partial charge on any atom is 0.00191 e. The molecule has 0 aromatic carbocycles. The second-order valence-corrected chi connectivity index (χ2v) is 5.84. The third-order valence-corrected chi connectivity index (χ3v) is 3.89. The third kappa shape index (κ3) is 6.42. The third-order valence-electron chi connectivity index (χ3n) is 3.89. The van der Waals surface area contributed by atoms with Crippen LogP contribution in [0, 0.1) is 11.8 Å². The van der Waals surface area contributed by atoms with E-state index in [1.807, 2.05) is 0 Å². The van der Waals surface area contributed by atoms with E-state index in [0.29, 0.717) is 0 Å². The normalized spacial score (nSPS) is 20.6. The average molecular weight is 240 g/mol. The molecule has 0 spiro atoms. The number of nitrogens with zero attached hydrogens (tertiary/aromatic N) is 1. The highest BCUT2D eigenvalue weighted by Gasteiger charge is 2.19. The second kappa shape index (κ2) is 8.93. The van der Waals surface area contributed by atoms with Crippen molar-refractivity contribution >= 4 is 0 Å². The molecule has 0 aliphatic carbocycles. The van der Waals surface area contributed by atoms with E-state index < -0.39 is 0 Å². The topological polar surface area (TPSA) is 15.3 Å². The number of nitrogens with one attached hydrogen (secondary N) is 1. The molecule has 1 aliphatic rings. The standard InChI is InChI=1S/C15H32N2/c1-4-6-15-7-10-17(11-8-15)13-14(3)12-16-9-5-2/h14-16H,4-13H2,1-3H3. The Hall–Kier alpha value is -0.0800. The lowest BCUT2D eigenvalue weighted by Crippen LogP contribution is -2.39. The minimum absolute atomic E-state index is 0.796. The van der Waals surface area contributed by atoms with Crippen molar-refractivity contribution in [1.82, 2.24) is 10.2 Å². The molecule has 1 saturated heterocycles. The van der Waals surface area contributed by atoms with E-state index in [0.717, 1.165) is 11.8 Å².